The molecule has 0 aromatic heterocycles. The predicted molar refractivity (Wildman–Crippen MR) is 75.6 cm³/mol. The van der Waals surface area contributed by atoms with Crippen LogP contribution in [0.5, 0.6) is 0 Å². The van der Waals surface area contributed by atoms with Crippen LogP contribution in [0.4, 0.5) is 4.79 Å². The van der Waals surface area contributed by atoms with Crippen LogP contribution in [0.15, 0.2) is 30.3 Å². The Morgan fingerprint density at radius 2 is 1.71 bits per heavy atom. The number of sulfone groups is 1. The van der Waals surface area contributed by atoms with Crippen LogP contribution in [0.2, 0.25) is 0 Å². The van der Waals surface area contributed by atoms with Crippen LogP contribution in [-0.4, -0.2) is 55.0 Å². The van der Waals surface area contributed by atoms with E-state index < -0.39 is 27.9 Å². The molecule has 0 spiro atoms. The molecule has 1 aromatic rings. The molecule has 114 valence electrons. The summed E-state index contributed by atoms with van der Waals surface area (Å²) in [5, 5.41) is 11.7. The first-order valence-corrected chi connectivity index (χ1v) is 8.25. The molecule has 2 rings (SSSR count). The molecule has 1 aliphatic heterocycles. The van der Waals surface area contributed by atoms with Gasteiger partial charge in [0, 0.05) is 13.1 Å². The van der Waals surface area contributed by atoms with Crippen LogP contribution in [0, 0.1) is 0 Å². The number of benzene rings is 1. The Bertz CT molecular complexity index is 615. The van der Waals surface area contributed by atoms with E-state index in [1.807, 2.05) is 0 Å². The summed E-state index contributed by atoms with van der Waals surface area (Å²) in [7, 11) is -3.08. The van der Waals surface area contributed by atoms with E-state index in [9.17, 15) is 23.1 Å². The Labute approximate surface area is 122 Å². The van der Waals surface area contributed by atoms with Crippen LogP contribution in [0.25, 0.3) is 0 Å². The van der Waals surface area contributed by atoms with Gasteiger partial charge in [-0.2, -0.15) is 0 Å². The van der Waals surface area contributed by atoms with E-state index in [0.29, 0.717) is 5.56 Å². The monoisotopic (exact) mass is 312 g/mol. The zero-order chi connectivity index (χ0) is 15.5. The van der Waals surface area contributed by atoms with E-state index in [4.69, 9.17) is 0 Å². The van der Waals surface area contributed by atoms with Crippen LogP contribution >= 0.6 is 0 Å². The number of carboxylic acid groups (broad SMARTS) is 1. The quantitative estimate of drug-likeness (QED) is 0.833. The van der Waals surface area contributed by atoms with Crippen molar-refractivity contribution in [1.29, 1.82) is 0 Å². The van der Waals surface area contributed by atoms with Crippen molar-refractivity contribution in [3.8, 4) is 0 Å². The number of hydrogen-bond donors (Lipinski definition) is 2. The summed E-state index contributed by atoms with van der Waals surface area (Å²) in [5.74, 6) is -1.35. The highest BCUT2D eigenvalue weighted by Gasteiger charge is 2.28. The molecule has 1 saturated heterocycles. The lowest BCUT2D eigenvalue weighted by molar-refractivity contribution is -0.139. The van der Waals surface area contributed by atoms with Crippen LogP contribution in [0.3, 0.4) is 0 Å². The lowest BCUT2D eigenvalue weighted by Gasteiger charge is -2.28. The molecule has 2 amide bonds. The maximum atomic E-state index is 12.1. The smallest absolute Gasteiger partial charge is 0.330 e. The number of nitrogens with zero attached hydrogens (tertiary/aromatic N) is 1. The normalized spacial score (nSPS) is 18.8. The minimum atomic E-state index is -3.08. The number of urea groups is 1. The molecule has 0 bridgehead atoms. The number of carbonyl (C=O) groups excluding carboxylic acids is 1. The predicted octanol–water partition coefficient (Wildman–Crippen LogP) is 0.252. The van der Waals surface area contributed by atoms with Gasteiger partial charge < -0.3 is 15.3 Å². The SMILES string of the molecule is O=C(O)[C@H](NC(=O)N1CCS(=O)(=O)CC1)c1ccccc1. The van der Waals surface area contributed by atoms with E-state index in [-0.39, 0.29) is 24.6 Å². The van der Waals surface area contributed by atoms with E-state index in [1.165, 1.54) is 4.90 Å². The lowest BCUT2D eigenvalue weighted by Crippen LogP contribution is -2.49. The second-order valence-electron chi connectivity index (χ2n) is 4.77. The third-order valence-electron chi connectivity index (χ3n) is 3.28. The van der Waals surface area contributed by atoms with Gasteiger partial charge in [0.05, 0.1) is 11.5 Å². The fourth-order valence-corrected chi connectivity index (χ4v) is 3.26. The molecule has 1 aliphatic rings. The van der Waals surface area contributed by atoms with Crippen molar-refractivity contribution < 1.29 is 23.1 Å². The molecule has 1 fully saturated rings. The average molecular weight is 312 g/mol. The lowest BCUT2D eigenvalue weighted by atomic mass is 10.1. The van der Waals surface area contributed by atoms with Gasteiger partial charge in [0.2, 0.25) is 0 Å². The van der Waals surface area contributed by atoms with Gasteiger partial charge in [-0.1, -0.05) is 30.3 Å². The third-order valence-corrected chi connectivity index (χ3v) is 4.89. The number of carbonyl (C=O) groups is 2. The molecule has 8 heteroatoms. The topological polar surface area (TPSA) is 104 Å². The number of hydrogen-bond acceptors (Lipinski definition) is 4. The summed E-state index contributed by atoms with van der Waals surface area (Å²) in [4.78, 5) is 24.7. The van der Waals surface area contributed by atoms with E-state index in [2.05, 4.69) is 5.32 Å². The van der Waals surface area contributed by atoms with Crippen molar-refractivity contribution in [1.82, 2.24) is 10.2 Å². The summed E-state index contributed by atoms with van der Waals surface area (Å²) >= 11 is 0. The fourth-order valence-electron chi connectivity index (χ4n) is 2.06. The Hall–Kier alpha value is -2.09. The van der Waals surface area contributed by atoms with Crippen molar-refractivity contribution >= 4 is 21.8 Å². The Kier molecular flexibility index (Phi) is 4.46. The van der Waals surface area contributed by atoms with Crippen molar-refractivity contribution in [3.05, 3.63) is 35.9 Å². The first-order chi connectivity index (χ1) is 9.89. The molecule has 2 N–H and O–H groups in total. The van der Waals surface area contributed by atoms with Crippen molar-refractivity contribution in [2.45, 2.75) is 6.04 Å². The summed E-state index contributed by atoms with van der Waals surface area (Å²) in [6.07, 6.45) is 0. The van der Waals surface area contributed by atoms with Crippen LogP contribution < -0.4 is 5.32 Å². The van der Waals surface area contributed by atoms with E-state index in [0.717, 1.165) is 0 Å². The van der Waals surface area contributed by atoms with Gasteiger partial charge in [0.25, 0.3) is 0 Å². The summed E-state index contributed by atoms with van der Waals surface area (Å²) < 4.78 is 22.6. The highest BCUT2D eigenvalue weighted by molar-refractivity contribution is 7.91. The standard InChI is InChI=1S/C13H16N2O5S/c16-12(17)11(10-4-2-1-3-5-10)14-13(18)15-6-8-21(19,20)9-7-15/h1-5,11H,6-9H2,(H,14,18)(H,16,17)/t11-/m1/s1. The highest BCUT2D eigenvalue weighted by atomic mass is 32.2. The van der Waals surface area contributed by atoms with Gasteiger partial charge in [0.15, 0.2) is 15.9 Å². The number of aliphatic carboxylic acids is 1. The molecule has 1 atom stereocenters. The molecule has 7 nitrogen and oxygen atoms in total. The van der Waals surface area contributed by atoms with Crippen molar-refractivity contribution in [2.75, 3.05) is 24.6 Å². The number of amides is 2. The molecule has 1 heterocycles. The zero-order valence-electron chi connectivity index (χ0n) is 11.2. The Morgan fingerprint density at radius 1 is 1.14 bits per heavy atom. The van der Waals surface area contributed by atoms with Crippen LogP contribution in [-0.2, 0) is 14.6 Å². The maximum Gasteiger partial charge on any atom is 0.330 e. The minimum absolute atomic E-state index is 0.0787. The van der Waals surface area contributed by atoms with Crippen molar-refractivity contribution in [2.24, 2.45) is 0 Å². The zero-order valence-corrected chi connectivity index (χ0v) is 12.0. The first kappa shape index (κ1) is 15.3. The molecular formula is C13H16N2O5S. The summed E-state index contributed by atoms with van der Waals surface area (Å²) in [5.41, 5.74) is 0.461. The molecule has 0 unspecified atom stereocenters. The van der Waals surface area contributed by atoms with Gasteiger partial charge in [-0.25, -0.2) is 18.0 Å². The maximum absolute atomic E-state index is 12.1. The largest absolute Gasteiger partial charge is 0.479 e. The second-order valence-corrected chi connectivity index (χ2v) is 7.07. The van der Waals surface area contributed by atoms with Gasteiger partial charge in [-0.15, -0.1) is 0 Å². The van der Waals surface area contributed by atoms with Gasteiger partial charge in [-0.05, 0) is 5.56 Å². The first-order valence-electron chi connectivity index (χ1n) is 6.43. The van der Waals surface area contributed by atoms with E-state index >= 15 is 0 Å². The summed E-state index contributed by atoms with van der Waals surface area (Å²) in [6.45, 7) is 0.157. The Balaban J connectivity index is 2.05. The highest BCUT2D eigenvalue weighted by Crippen LogP contribution is 2.14. The summed E-state index contributed by atoms with van der Waals surface area (Å²) in [6, 6.07) is 6.62. The van der Waals surface area contributed by atoms with E-state index in [1.54, 1.807) is 30.3 Å². The fraction of sp³-hybridized carbons (Fsp3) is 0.385. The number of rotatable bonds is 3. The molecule has 0 aliphatic carbocycles. The van der Waals surface area contributed by atoms with Crippen LogP contribution in [0.1, 0.15) is 11.6 Å². The molecule has 0 saturated carbocycles. The minimum Gasteiger partial charge on any atom is -0.479 e. The average Bonchev–Trinajstić information content (AvgIpc) is 2.45. The molecule has 0 radical (unpaired) electrons. The molecular weight excluding hydrogens is 296 g/mol. The molecule has 1 aromatic carbocycles. The second kappa shape index (κ2) is 6.13. The molecule has 21 heavy (non-hydrogen) atoms. The number of carboxylic acids is 1. The van der Waals surface area contributed by atoms with Gasteiger partial charge >= 0.3 is 12.0 Å². The Morgan fingerprint density at radius 3 is 2.24 bits per heavy atom. The van der Waals surface area contributed by atoms with Gasteiger partial charge in [0.1, 0.15) is 0 Å². The van der Waals surface area contributed by atoms with Crippen molar-refractivity contribution in [3.63, 3.8) is 0 Å². The number of nitrogens with one attached hydrogen (secondary N) is 1. The van der Waals surface area contributed by atoms with Gasteiger partial charge in [-0.3, -0.25) is 0 Å². The third kappa shape index (κ3) is 3.94.